The Morgan fingerprint density at radius 2 is 2.11 bits per heavy atom. The molecule has 1 rings (SSSR count). The highest BCUT2D eigenvalue weighted by Crippen LogP contribution is 2.13. The first-order valence-electron chi connectivity index (χ1n) is 6.00. The van der Waals surface area contributed by atoms with Gasteiger partial charge >= 0.3 is 12.1 Å². The van der Waals surface area contributed by atoms with E-state index in [0.29, 0.717) is 5.76 Å². The van der Waals surface area contributed by atoms with E-state index >= 15 is 0 Å². The van der Waals surface area contributed by atoms with Crippen molar-refractivity contribution in [2.75, 3.05) is 6.54 Å². The number of ether oxygens (including phenoxy) is 1. The van der Waals surface area contributed by atoms with Gasteiger partial charge in [0.25, 0.3) is 0 Å². The lowest BCUT2D eigenvalue weighted by Gasteiger charge is -2.26. The van der Waals surface area contributed by atoms with Crippen molar-refractivity contribution in [2.24, 2.45) is 0 Å². The van der Waals surface area contributed by atoms with Crippen molar-refractivity contribution >= 4 is 12.1 Å². The van der Waals surface area contributed by atoms with Gasteiger partial charge in [0.05, 0.1) is 19.2 Å². The maximum atomic E-state index is 12.0. The molecule has 0 saturated heterocycles. The molecule has 106 valence electrons. The summed E-state index contributed by atoms with van der Waals surface area (Å²) in [7, 11) is 0. The van der Waals surface area contributed by atoms with Crippen LogP contribution >= 0.6 is 0 Å². The SMILES string of the molecule is CC(C)(C)OC(=O)N(CCC(=O)O)Cc1ccco1. The summed E-state index contributed by atoms with van der Waals surface area (Å²) in [6.45, 7) is 5.54. The molecule has 0 saturated carbocycles. The lowest BCUT2D eigenvalue weighted by molar-refractivity contribution is -0.137. The fourth-order valence-corrected chi connectivity index (χ4v) is 1.38. The second-order valence-electron chi connectivity index (χ2n) is 5.12. The Morgan fingerprint density at radius 1 is 1.42 bits per heavy atom. The van der Waals surface area contributed by atoms with Crippen molar-refractivity contribution in [1.29, 1.82) is 0 Å². The number of furan rings is 1. The number of carboxylic acids is 1. The van der Waals surface area contributed by atoms with Gasteiger partial charge in [-0.25, -0.2) is 4.79 Å². The molecular formula is C13H19NO5. The predicted molar refractivity (Wildman–Crippen MR) is 67.6 cm³/mol. The predicted octanol–water partition coefficient (Wildman–Crippen LogP) is 2.49. The molecule has 19 heavy (non-hydrogen) atoms. The van der Waals surface area contributed by atoms with Crippen LogP contribution in [-0.2, 0) is 16.1 Å². The van der Waals surface area contributed by atoms with Gasteiger partial charge in [0, 0.05) is 6.54 Å². The fraction of sp³-hybridized carbons (Fsp3) is 0.538. The first-order valence-corrected chi connectivity index (χ1v) is 6.00. The molecule has 0 bridgehead atoms. The summed E-state index contributed by atoms with van der Waals surface area (Å²) in [6, 6.07) is 3.43. The summed E-state index contributed by atoms with van der Waals surface area (Å²) in [4.78, 5) is 23.9. The van der Waals surface area contributed by atoms with E-state index in [-0.39, 0.29) is 19.5 Å². The van der Waals surface area contributed by atoms with Gasteiger partial charge in [-0.05, 0) is 32.9 Å². The Bertz CT molecular complexity index is 419. The molecule has 1 N–H and O–H groups in total. The minimum Gasteiger partial charge on any atom is -0.481 e. The molecule has 0 aliphatic rings. The van der Waals surface area contributed by atoms with Crippen LogP contribution < -0.4 is 0 Å². The van der Waals surface area contributed by atoms with Crippen LogP contribution in [0, 0.1) is 0 Å². The van der Waals surface area contributed by atoms with Gasteiger partial charge in [-0.15, -0.1) is 0 Å². The molecule has 0 aliphatic heterocycles. The number of carbonyl (C=O) groups excluding carboxylic acids is 1. The lowest BCUT2D eigenvalue weighted by Crippen LogP contribution is -2.37. The van der Waals surface area contributed by atoms with Gasteiger partial charge in [0.2, 0.25) is 0 Å². The Morgan fingerprint density at radius 3 is 2.58 bits per heavy atom. The maximum absolute atomic E-state index is 12.0. The van der Waals surface area contributed by atoms with Gasteiger partial charge < -0.3 is 19.2 Å². The third-order valence-corrected chi connectivity index (χ3v) is 2.17. The van der Waals surface area contributed by atoms with Crippen LogP contribution in [0.2, 0.25) is 0 Å². The van der Waals surface area contributed by atoms with E-state index in [1.54, 1.807) is 32.9 Å². The van der Waals surface area contributed by atoms with E-state index in [1.807, 2.05) is 0 Å². The third kappa shape index (κ3) is 5.94. The highest BCUT2D eigenvalue weighted by Gasteiger charge is 2.23. The quantitative estimate of drug-likeness (QED) is 0.888. The number of nitrogens with zero attached hydrogens (tertiary/aromatic N) is 1. The molecule has 1 heterocycles. The molecule has 0 aromatic carbocycles. The second kappa shape index (κ2) is 6.26. The molecule has 0 atom stereocenters. The van der Waals surface area contributed by atoms with Crippen LogP contribution in [-0.4, -0.2) is 34.2 Å². The Hall–Kier alpha value is -1.98. The van der Waals surface area contributed by atoms with E-state index in [2.05, 4.69) is 0 Å². The lowest BCUT2D eigenvalue weighted by atomic mass is 10.2. The zero-order valence-corrected chi connectivity index (χ0v) is 11.4. The van der Waals surface area contributed by atoms with Crippen molar-refractivity contribution in [3.05, 3.63) is 24.2 Å². The molecule has 1 amide bonds. The highest BCUT2D eigenvalue weighted by atomic mass is 16.6. The number of hydrogen-bond acceptors (Lipinski definition) is 4. The van der Waals surface area contributed by atoms with E-state index in [4.69, 9.17) is 14.3 Å². The zero-order chi connectivity index (χ0) is 14.5. The molecule has 0 radical (unpaired) electrons. The molecule has 1 aromatic heterocycles. The van der Waals surface area contributed by atoms with Gasteiger partial charge in [-0.1, -0.05) is 0 Å². The molecule has 0 aliphatic carbocycles. The van der Waals surface area contributed by atoms with Gasteiger partial charge in [-0.2, -0.15) is 0 Å². The summed E-state index contributed by atoms with van der Waals surface area (Å²) in [5.74, 6) is -0.385. The van der Waals surface area contributed by atoms with Crippen molar-refractivity contribution in [3.8, 4) is 0 Å². The summed E-state index contributed by atoms with van der Waals surface area (Å²) < 4.78 is 10.4. The van der Waals surface area contributed by atoms with Gasteiger partial charge in [-0.3, -0.25) is 4.79 Å². The van der Waals surface area contributed by atoms with Crippen molar-refractivity contribution in [1.82, 2.24) is 4.90 Å². The standard InChI is InChI=1S/C13H19NO5/c1-13(2,3)19-12(17)14(7-6-11(15)16)9-10-5-4-8-18-10/h4-5,8H,6-7,9H2,1-3H3,(H,15,16). The maximum Gasteiger partial charge on any atom is 0.410 e. The molecule has 6 nitrogen and oxygen atoms in total. The van der Waals surface area contributed by atoms with Crippen molar-refractivity contribution < 1.29 is 23.8 Å². The average molecular weight is 269 g/mol. The van der Waals surface area contributed by atoms with Crippen molar-refractivity contribution in [2.45, 2.75) is 39.3 Å². The number of rotatable bonds is 5. The minimum absolute atomic E-state index is 0.0744. The third-order valence-electron chi connectivity index (χ3n) is 2.17. The second-order valence-corrected chi connectivity index (χ2v) is 5.12. The van der Waals surface area contributed by atoms with Gasteiger partial charge in [0.15, 0.2) is 0 Å². The van der Waals surface area contributed by atoms with Crippen LogP contribution in [0.1, 0.15) is 33.0 Å². The van der Waals surface area contributed by atoms with E-state index in [9.17, 15) is 9.59 Å². The normalized spacial score (nSPS) is 11.1. The smallest absolute Gasteiger partial charge is 0.410 e. The summed E-state index contributed by atoms with van der Waals surface area (Å²) in [6.07, 6.45) is 0.810. The van der Waals surface area contributed by atoms with Crippen LogP contribution in [0.15, 0.2) is 22.8 Å². The Balaban J connectivity index is 2.68. The number of hydrogen-bond donors (Lipinski definition) is 1. The zero-order valence-electron chi connectivity index (χ0n) is 11.4. The largest absolute Gasteiger partial charge is 0.481 e. The van der Waals surface area contributed by atoms with E-state index in [0.717, 1.165) is 0 Å². The number of aliphatic carboxylic acids is 1. The summed E-state index contributed by atoms with van der Waals surface area (Å²) >= 11 is 0. The van der Waals surface area contributed by atoms with E-state index in [1.165, 1.54) is 11.2 Å². The van der Waals surface area contributed by atoms with Crippen LogP contribution in [0.4, 0.5) is 4.79 Å². The number of amides is 1. The minimum atomic E-state index is -0.965. The molecule has 0 spiro atoms. The molecular weight excluding hydrogens is 250 g/mol. The number of carboxylic acid groups (broad SMARTS) is 1. The van der Waals surface area contributed by atoms with Crippen LogP contribution in [0.3, 0.4) is 0 Å². The Kier molecular flexibility index (Phi) is 4.97. The van der Waals surface area contributed by atoms with Crippen LogP contribution in [0.25, 0.3) is 0 Å². The molecule has 6 heteroatoms. The number of carbonyl (C=O) groups is 2. The fourth-order valence-electron chi connectivity index (χ4n) is 1.38. The van der Waals surface area contributed by atoms with Crippen LogP contribution in [0.5, 0.6) is 0 Å². The monoisotopic (exact) mass is 269 g/mol. The average Bonchev–Trinajstić information content (AvgIpc) is 2.73. The highest BCUT2D eigenvalue weighted by molar-refractivity contribution is 5.70. The first kappa shape index (κ1) is 15.1. The van der Waals surface area contributed by atoms with E-state index < -0.39 is 17.7 Å². The van der Waals surface area contributed by atoms with Crippen molar-refractivity contribution in [3.63, 3.8) is 0 Å². The molecule has 0 fully saturated rings. The summed E-state index contributed by atoms with van der Waals surface area (Å²) in [5, 5.41) is 8.70. The Labute approximate surface area is 112 Å². The first-order chi connectivity index (χ1) is 8.78. The molecule has 0 unspecified atom stereocenters. The topological polar surface area (TPSA) is 80.0 Å². The molecule has 1 aromatic rings. The summed E-state index contributed by atoms with van der Waals surface area (Å²) in [5.41, 5.74) is -0.623. The van der Waals surface area contributed by atoms with Gasteiger partial charge in [0.1, 0.15) is 11.4 Å².